The van der Waals surface area contributed by atoms with E-state index in [1.165, 1.54) is 18.2 Å². The molecule has 0 aliphatic carbocycles. The molecule has 7 nitrogen and oxygen atoms in total. The highest BCUT2D eigenvalue weighted by Gasteiger charge is 2.37. The summed E-state index contributed by atoms with van der Waals surface area (Å²) in [4.78, 5) is 53.0. The first kappa shape index (κ1) is 25.9. The Kier molecular flexibility index (Phi) is 7.25. The Morgan fingerprint density at radius 3 is 2.15 bits per heavy atom. The van der Waals surface area contributed by atoms with Gasteiger partial charge in [0.2, 0.25) is 5.78 Å². The summed E-state index contributed by atoms with van der Waals surface area (Å²) in [5.41, 5.74) is 1.09. The Balaban J connectivity index is 1.32. The van der Waals surface area contributed by atoms with E-state index in [-0.39, 0.29) is 28.9 Å². The van der Waals surface area contributed by atoms with Crippen molar-refractivity contribution in [2.24, 2.45) is 0 Å². The number of esters is 1. The van der Waals surface area contributed by atoms with E-state index in [1.54, 1.807) is 85.8 Å². The summed E-state index contributed by atoms with van der Waals surface area (Å²) in [7, 11) is 0. The van der Waals surface area contributed by atoms with E-state index in [4.69, 9.17) is 21.1 Å². The van der Waals surface area contributed by atoms with Crippen LogP contribution in [0.4, 0.5) is 5.69 Å². The van der Waals surface area contributed by atoms with E-state index in [0.717, 1.165) is 4.90 Å². The quantitative estimate of drug-likeness (QED) is 0.140. The van der Waals surface area contributed by atoms with Gasteiger partial charge < -0.3 is 9.47 Å². The van der Waals surface area contributed by atoms with Crippen molar-refractivity contribution >= 4 is 40.9 Å². The zero-order chi connectivity index (χ0) is 27.5. The van der Waals surface area contributed by atoms with Gasteiger partial charge in [-0.25, -0.2) is 9.69 Å². The molecule has 0 fully saturated rings. The average Bonchev–Trinajstić information content (AvgIpc) is 3.22. The molecular weight excluding hydrogens is 518 g/mol. The second kappa shape index (κ2) is 10.9. The Morgan fingerprint density at radius 2 is 1.46 bits per heavy atom. The molecule has 0 bridgehead atoms. The second-order valence-electron chi connectivity index (χ2n) is 8.76. The van der Waals surface area contributed by atoms with Crippen molar-refractivity contribution in [3.63, 3.8) is 0 Å². The lowest BCUT2D eigenvalue weighted by Gasteiger charge is -2.15. The van der Waals surface area contributed by atoms with Gasteiger partial charge >= 0.3 is 5.97 Å². The Hall–Kier alpha value is -4.75. The predicted octanol–water partition coefficient (Wildman–Crippen LogP) is 6.75. The Bertz CT molecular complexity index is 1580. The predicted molar refractivity (Wildman–Crippen MR) is 146 cm³/mol. The largest absolute Gasteiger partial charge is 0.456 e. The van der Waals surface area contributed by atoms with Crippen LogP contribution in [-0.2, 0) is 4.74 Å². The van der Waals surface area contributed by atoms with Crippen molar-refractivity contribution in [1.29, 1.82) is 0 Å². The molecule has 0 spiro atoms. The maximum Gasteiger partial charge on any atom is 0.338 e. The average molecular weight is 540 g/mol. The lowest BCUT2D eigenvalue weighted by Crippen LogP contribution is -2.29. The maximum absolute atomic E-state index is 13.2. The van der Waals surface area contributed by atoms with Crippen LogP contribution in [0, 0.1) is 0 Å². The third-order valence-corrected chi connectivity index (χ3v) is 6.56. The number of fused-ring (bicyclic) bond motifs is 1. The summed E-state index contributed by atoms with van der Waals surface area (Å²) in [5, 5.41) is 0.450. The minimum Gasteiger partial charge on any atom is -0.456 e. The molecule has 5 rings (SSSR count). The van der Waals surface area contributed by atoms with Gasteiger partial charge in [0.15, 0.2) is 6.10 Å². The van der Waals surface area contributed by atoms with Gasteiger partial charge in [0.25, 0.3) is 11.8 Å². The molecule has 0 N–H and O–H groups in total. The van der Waals surface area contributed by atoms with Crippen molar-refractivity contribution in [3.8, 4) is 11.5 Å². The van der Waals surface area contributed by atoms with Gasteiger partial charge in [-0.3, -0.25) is 14.4 Å². The van der Waals surface area contributed by atoms with Crippen LogP contribution in [0.5, 0.6) is 11.5 Å². The first-order valence-corrected chi connectivity index (χ1v) is 12.6. The number of carbonyl (C=O) groups excluding carboxylic acids is 4. The normalized spacial score (nSPS) is 13.1. The number of halogens is 1. The van der Waals surface area contributed by atoms with Gasteiger partial charge in [-0.15, -0.1) is 0 Å². The van der Waals surface area contributed by atoms with Gasteiger partial charge in [0.1, 0.15) is 11.5 Å². The monoisotopic (exact) mass is 539 g/mol. The fraction of sp³-hybridized carbons (Fsp3) is 0.0968. The van der Waals surface area contributed by atoms with E-state index in [9.17, 15) is 19.2 Å². The molecule has 0 saturated carbocycles. The summed E-state index contributed by atoms with van der Waals surface area (Å²) >= 11 is 6.14. The van der Waals surface area contributed by atoms with Gasteiger partial charge in [-0.1, -0.05) is 61.0 Å². The van der Waals surface area contributed by atoms with E-state index in [1.807, 2.05) is 0 Å². The number of carbonyl (C=O) groups is 4. The van der Waals surface area contributed by atoms with Gasteiger partial charge in [0.05, 0.1) is 27.4 Å². The SMILES string of the molecule is CCC(OC(=O)c1ccc2c(c1)C(=O)N(c1ccc(Oc3ccccc3Cl)cc1)C2=O)C(=O)c1ccccc1. The molecule has 4 aromatic carbocycles. The molecule has 1 unspecified atom stereocenters. The molecule has 2 amide bonds. The van der Waals surface area contributed by atoms with E-state index >= 15 is 0 Å². The number of Topliss-reactive ketones (excluding diaryl/α,β-unsaturated/α-hetero) is 1. The van der Waals surface area contributed by atoms with Crippen molar-refractivity contribution in [3.05, 3.63) is 124 Å². The second-order valence-corrected chi connectivity index (χ2v) is 9.17. The minimum atomic E-state index is -0.978. The molecule has 0 aromatic heterocycles. The summed E-state index contributed by atoms with van der Waals surface area (Å²) in [6, 6.07) is 26.2. The highest BCUT2D eigenvalue weighted by molar-refractivity contribution is 6.34. The van der Waals surface area contributed by atoms with Crippen LogP contribution in [-0.4, -0.2) is 29.7 Å². The van der Waals surface area contributed by atoms with Crippen molar-refractivity contribution in [2.45, 2.75) is 19.4 Å². The Morgan fingerprint density at radius 1 is 0.795 bits per heavy atom. The number of anilines is 1. The molecule has 1 atom stereocenters. The van der Waals surface area contributed by atoms with Crippen molar-refractivity contribution in [2.75, 3.05) is 4.90 Å². The number of rotatable bonds is 8. The summed E-state index contributed by atoms with van der Waals surface area (Å²) in [6.45, 7) is 1.74. The van der Waals surface area contributed by atoms with E-state index < -0.39 is 23.9 Å². The molecule has 1 heterocycles. The van der Waals surface area contributed by atoms with E-state index in [0.29, 0.717) is 27.8 Å². The molecule has 1 aliphatic heterocycles. The summed E-state index contributed by atoms with van der Waals surface area (Å²) in [5.74, 6) is -1.20. The molecular formula is C31H22ClNO6. The van der Waals surface area contributed by atoms with Crippen LogP contribution in [0.15, 0.2) is 97.1 Å². The van der Waals surface area contributed by atoms with Crippen LogP contribution in [0.1, 0.15) is 54.8 Å². The van der Waals surface area contributed by atoms with Crippen LogP contribution in [0.3, 0.4) is 0 Å². The van der Waals surface area contributed by atoms with Crippen molar-refractivity contribution < 1.29 is 28.7 Å². The third kappa shape index (κ3) is 5.17. The number of benzene rings is 4. The minimum absolute atomic E-state index is 0.0690. The number of para-hydroxylation sites is 1. The zero-order valence-corrected chi connectivity index (χ0v) is 21.6. The number of ketones is 1. The molecule has 194 valence electrons. The number of hydrogen-bond donors (Lipinski definition) is 0. The molecule has 1 aliphatic rings. The Labute approximate surface area is 229 Å². The van der Waals surface area contributed by atoms with Gasteiger partial charge in [0, 0.05) is 5.56 Å². The van der Waals surface area contributed by atoms with Gasteiger partial charge in [-0.2, -0.15) is 0 Å². The van der Waals surface area contributed by atoms with Gasteiger partial charge in [-0.05, 0) is 61.0 Å². The fourth-order valence-corrected chi connectivity index (χ4v) is 4.40. The number of hydrogen-bond acceptors (Lipinski definition) is 6. The van der Waals surface area contributed by atoms with Crippen LogP contribution in [0.2, 0.25) is 5.02 Å². The maximum atomic E-state index is 13.2. The molecule has 39 heavy (non-hydrogen) atoms. The first-order valence-electron chi connectivity index (χ1n) is 12.2. The standard InChI is InChI=1S/C31H22ClNO6/c1-2-26(28(34)19-8-4-3-5-9-19)39-31(37)20-12-17-23-24(18-20)30(36)33(29(23)35)21-13-15-22(16-14-21)38-27-11-7-6-10-25(27)32/h3-18,26H,2H2,1H3. The molecule has 0 radical (unpaired) electrons. The number of ether oxygens (including phenoxy) is 2. The highest BCUT2D eigenvalue weighted by atomic mass is 35.5. The fourth-order valence-electron chi connectivity index (χ4n) is 4.23. The number of amides is 2. The number of imide groups is 1. The smallest absolute Gasteiger partial charge is 0.338 e. The molecule has 8 heteroatoms. The zero-order valence-electron chi connectivity index (χ0n) is 20.8. The summed E-state index contributed by atoms with van der Waals surface area (Å²) in [6.07, 6.45) is -0.695. The molecule has 4 aromatic rings. The topological polar surface area (TPSA) is 90.0 Å². The lowest BCUT2D eigenvalue weighted by atomic mass is 10.0. The highest BCUT2D eigenvalue weighted by Crippen LogP contribution is 2.33. The lowest BCUT2D eigenvalue weighted by molar-refractivity contribution is 0.0277. The third-order valence-electron chi connectivity index (χ3n) is 6.25. The van der Waals surface area contributed by atoms with Crippen LogP contribution < -0.4 is 9.64 Å². The molecule has 0 saturated heterocycles. The first-order chi connectivity index (χ1) is 18.9. The van der Waals surface area contributed by atoms with E-state index in [2.05, 4.69) is 0 Å². The van der Waals surface area contributed by atoms with Crippen LogP contribution in [0.25, 0.3) is 0 Å². The number of nitrogens with zero attached hydrogens (tertiary/aromatic N) is 1. The summed E-state index contributed by atoms with van der Waals surface area (Å²) < 4.78 is 11.3. The van der Waals surface area contributed by atoms with Crippen LogP contribution >= 0.6 is 11.6 Å². The van der Waals surface area contributed by atoms with Crippen molar-refractivity contribution in [1.82, 2.24) is 0 Å².